The highest BCUT2D eigenvalue weighted by molar-refractivity contribution is 7.98. The third-order valence-electron chi connectivity index (χ3n) is 1.46. The molecule has 0 rings (SSSR count). The molecule has 3 nitrogen and oxygen atoms in total. The maximum atomic E-state index is 8.84. The molecule has 0 aliphatic carbocycles. The third-order valence-corrected chi connectivity index (χ3v) is 2.90. The minimum Gasteiger partial charge on any atom is -0.392 e. The summed E-state index contributed by atoms with van der Waals surface area (Å²) in [5, 5.41) is 17.5. The molecule has 0 aromatic rings. The molecule has 104 valence electrons. The number of halogens is 2. The monoisotopic (exact) mass is 313 g/mol. The highest BCUT2D eigenvalue weighted by Crippen LogP contribution is 1.98. The molecular formula is C9H25Cl2NO2S2. The molecule has 0 aliphatic rings. The van der Waals surface area contributed by atoms with Crippen LogP contribution in [0.25, 0.3) is 0 Å². The van der Waals surface area contributed by atoms with Gasteiger partial charge in [-0.05, 0) is 18.9 Å². The zero-order valence-corrected chi connectivity index (χ0v) is 13.4. The van der Waals surface area contributed by atoms with Gasteiger partial charge in [0.25, 0.3) is 0 Å². The SMILES string of the molecule is CCC(O)CSC.CSCC(O)CN.Cl.Cl. The fourth-order valence-corrected chi connectivity index (χ4v) is 1.71. The molecule has 0 fully saturated rings. The topological polar surface area (TPSA) is 66.5 Å². The van der Waals surface area contributed by atoms with Crippen LogP contribution in [0, 0.1) is 0 Å². The van der Waals surface area contributed by atoms with E-state index in [1.165, 1.54) is 0 Å². The van der Waals surface area contributed by atoms with Crippen LogP contribution in [-0.4, -0.2) is 53.0 Å². The van der Waals surface area contributed by atoms with Crippen molar-refractivity contribution in [3.05, 3.63) is 0 Å². The molecule has 0 radical (unpaired) electrons. The molecule has 0 aromatic heterocycles. The number of aliphatic hydroxyl groups excluding tert-OH is 2. The zero-order chi connectivity index (χ0) is 11.4. The number of thioether (sulfide) groups is 2. The summed E-state index contributed by atoms with van der Waals surface area (Å²) < 4.78 is 0. The molecule has 0 aliphatic heterocycles. The van der Waals surface area contributed by atoms with Gasteiger partial charge < -0.3 is 15.9 Å². The van der Waals surface area contributed by atoms with Crippen molar-refractivity contribution in [1.82, 2.24) is 0 Å². The Labute approximate surface area is 120 Å². The van der Waals surface area contributed by atoms with E-state index in [4.69, 9.17) is 15.9 Å². The molecule has 0 aromatic carbocycles. The summed E-state index contributed by atoms with van der Waals surface area (Å²) >= 11 is 3.29. The Hall–Kier alpha value is 1.16. The quantitative estimate of drug-likeness (QED) is 0.695. The molecule has 0 heterocycles. The lowest BCUT2D eigenvalue weighted by molar-refractivity contribution is 0.195. The van der Waals surface area contributed by atoms with Crippen molar-refractivity contribution in [3.63, 3.8) is 0 Å². The Bertz CT molecular complexity index is 104. The van der Waals surface area contributed by atoms with E-state index in [-0.39, 0.29) is 37.0 Å². The van der Waals surface area contributed by atoms with Crippen molar-refractivity contribution in [1.29, 1.82) is 0 Å². The summed E-state index contributed by atoms with van der Waals surface area (Å²) in [6.45, 7) is 2.36. The Morgan fingerprint density at radius 1 is 1.00 bits per heavy atom. The zero-order valence-electron chi connectivity index (χ0n) is 10.1. The van der Waals surface area contributed by atoms with Gasteiger partial charge in [-0.3, -0.25) is 0 Å². The summed E-state index contributed by atoms with van der Waals surface area (Å²) in [5.41, 5.74) is 5.09. The molecule has 2 unspecified atom stereocenters. The van der Waals surface area contributed by atoms with Gasteiger partial charge in [0.1, 0.15) is 0 Å². The summed E-state index contributed by atoms with van der Waals surface area (Å²) in [4.78, 5) is 0. The van der Waals surface area contributed by atoms with Gasteiger partial charge >= 0.3 is 0 Å². The van der Waals surface area contributed by atoms with Crippen molar-refractivity contribution >= 4 is 48.3 Å². The summed E-state index contributed by atoms with van der Waals surface area (Å²) in [6.07, 6.45) is 4.42. The van der Waals surface area contributed by atoms with Crippen LogP contribution in [0.4, 0.5) is 0 Å². The lowest BCUT2D eigenvalue weighted by Crippen LogP contribution is -2.21. The number of hydrogen-bond acceptors (Lipinski definition) is 5. The first-order valence-corrected chi connectivity index (χ1v) is 7.45. The number of aliphatic hydroxyl groups is 2. The van der Waals surface area contributed by atoms with E-state index in [9.17, 15) is 0 Å². The van der Waals surface area contributed by atoms with Crippen molar-refractivity contribution in [2.24, 2.45) is 5.73 Å². The first-order valence-electron chi connectivity index (χ1n) is 4.66. The second kappa shape index (κ2) is 21.4. The normalized spacial score (nSPS) is 12.4. The van der Waals surface area contributed by atoms with Gasteiger partial charge in [0.2, 0.25) is 0 Å². The van der Waals surface area contributed by atoms with E-state index in [1.54, 1.807) is 23.5 Å². The van der Waals surface area contributed by atoms with E-state index >= 15 is 0 Å². The third kappa shape index (κ3) is 24.4. The number of nitrogens with two attached hydrogens (primary N) is 1. The van der Waals surface area contributed by atoms with Crippen LogP contribution in [-0.2, 0) is 0 Å². The van der Waals surface area contributed by atoms with E-state index in [0.29, 0.717) is 6.54 Å². The maximum absolute atomic E-state index is 8.84. The lowest BCUT2D eigenvalue weighted by Gasteiger charge is -2.01. The minimum absolute atomic E-state index is 0. The molecule has 0 saturated carbocycles. The van der Waals surface area contributed by atoms with Crippen LogP contribution in [0.2, 0.25) is 0 Å². The predicted molar refractivity (Wildman–Crippen MR) is 82.6 cm³/mol. The molecule has 4 N–H and O–H groups in total. The van der Waals surface area contributed by atoms with Gasteiger partial charge in [-0.25, -0.2) is 0 Å². The predicted octanol–water partition coefficient (Wildman–Crippen LogP) is 1.63. The van der Waals surface area contributed by atoms with Gasteiger partial charge in [0.05, 0.1) is 12.2 Å². The van der Waals surface area contributed by atoms with E-state index in [2.05, 4.69) is 0 Å². The van der Waals surface area contributed by atoms with Gasteiger partial charge in [-0.1, -0.05) is 6.92 Å². The Morgan fingerprint density at radius 3 is 1.50 bits per heavy atom. The largest absolute Gasteiger partial charge is 0.392 e. The standard InChI is InChI=1S/C5H12OS.C4H11NOS.2ClH/c1-3-5(6)4-7-2;1-7-3-4(6)2-5;;/h5-6H,3-4H2,1-2H3;4,6H,2-3,5H2,1H3;2*1H. The van der Waals surface area contributed by atoms with Crippen molar-refractivity contribution < 1.29 is 10.2 Å². The van der Waals surface area contributed by atoms with Crippen LogP contribution in [0.15, 0.2) is 0 Å². The first-order chi connectivity index (χ1) is 6.62. The smallest absolute Gasteiger partial charge is 0.0752 e. The van der Waals surface area contributed by atoms with Gasteiger partial charge in [-0.15, -0.1) is 24.8 Å². The Kier molecular flexibility index (Phi) is 34.7. The highest BCUT2D eigenvalue weighted by atomic mass is 35.5. The minimum atomic E-state index is -0.310. The van der Waals surface area contributed by atoms with Gasteiger partial charge in [0, 0.05) is 18.1 Å². The van der Waals surface area contributed by atoms with Crippen molar-refractivity contribution in [3.8, 4) is 0 Å². The van der Waals surface area contributed by atoms with Crippen LogP contribution < -0.4 is 5.73 Å². The average Bonchev–Trinajstić information content (AvgIpc) is 2.19. The lowest BCUT2D eigenvalue weighted by atomic mass is 10.3. The number of rotatable bonds is 6. The fourth-order valence-electron chi connectivity index (χ4n) is 0.571. The second-order valence-corrected chi connectivity index (χ2v) is 4.68. The molecule has 0 spiro atoms. The summed E-state index contributed by atoms with van der Waals surface area (Å²) in [6, 6.07) is 0. The van der Waals surface area contributed by atoms with Gasteiger partial charge in [-0.2, -0.15) is 23.5 Å². The molecule has 0 saturated heterocycles. The van der Waals surface area contributed by atoms with E-state index in [0.717, 1.165) is 17.9 Å². The van der Waals surface area contributed by atoms with Gasteiger partial charge in [0.15, 0.2) is 0 Å². The fraction of sp³-hybridized carbons (Fsp3) is 1.00. The number of hydrogen-bond donors (Lipinski definition) is 3. The van der Waals surface area contributed by atoms with E-state index in [1.807, 2.05) is 19.4 Å². The van der Waals surface area contributed by atoms with Crippen LogP contribution >= 0.6 is 48.3 Å². The molecule has 0 bridgehead atoms. The summed E-state index contributed by atoms with van der Waals surface area (Å²) in [5.74, 6) is 1.62. The molecule has 16 heavy (non-hydrogen) atoms. The average molecular weight is 314 g/mol. The Balaban J connectivity index is -0.0000000800. The Morgan fingerprint density at radius 2 is 1.38 bits per heavy atom. The van der Waals surface area contributed by atoms with Crippen molar-refractivity contribution in [2.75, 3.05) is 30.6 Å². The first kappa shape index (κ1) is 25.9. The molecular weight excluding hydrogens is 289 g/mol. The molecule has 7 heteroatoms. The van der Waals surface area contributed by atoms with E-state index < -0.39 is 0 Å². The summed E-state index contributed by atoms with van der Waals surface area (Å²) in [7, 11) is 0. The molecule has 2 atom stereocenters. The van der Waals surface area contributed by atoms with Crippen molar-refractivity contribution in [2.45, 2.75) is 25.6 Å². The second-order valence-electron chi connectivity index (χ2n) is 2.86. The molecule has 0 amide bonds. The van der Waals surface area contributed by atoms with Crippen LogP contribution in [0.5, 0.6) is 0 Å². The van der Waals surface area contributed by atoms with Crippen LogP contribution in [0.1, 0.15) is 13.3 Å². The van der Waals surface area contributed by atoms with Crippen LogP contribution in [0.3, 0.4) is 0 Å². The maximum Gasteiger partial charge on any atom is 0.0752 e. The highest BCUT2D eigenvalue weighted by Gasteiger charge is 1.95.